The van der Waals surface area contributed by atoms with Crippen LogP contribution in [0.5, 0.6) is 0 Å². The third-order valence-corrected chi connectivity index (χ3v) is 4.43. The van der Waals surface area contributed by atoms with E-state index in [2.05, 4.69) is 34.1 Å². The van der Waals surface area contributed by atoms with Gasteiger partial charge in [0.15, 0.2) is 0 Å². The fourth-order valence-electron chi connectivity index (χ4n) is 2.86. The van der Waals surface area contributed by atoms with E-state index in [1.54, 1.807) is 0 Å². The number of para-hydroxylation sites is 1. The Morgan fingerprint density at radius 1 is 0.909 bits per heavy atom. The summed E-state index contributed by atoms with van der Waals surface area (Å²) in [4.78, 5) is 4.71. The summed E-state index contributed by atoms with van der Waals surface area (Å²) in [6, 6.07) is 17.9. The molecule has 3 nitrogen and oxygen atoms in total. The van der Waals surface area contributed by atoms with E-state index < -0.39 is 6.10 Å². The number of piperazine rings is 1. The van der Waals surface area contributed by atoms with Crippen molar-refractivity contribution in [2.75, 3.05) is 37.6 Å². The molecule has 0 aromatic heterocycles. The highest BCUT2D eigenvalue weighted by atomic mass is 35.5. The van der Waals surface area contributed by atoms with Crippen LogP contribution in [0.15, 0.2) is 54.6 Å². The SMILES string of the molecule is OC(CN1CCN(c2ccccc2)CC1)c1ccc(Cl)cc1. The number of benzene rings is 2. The minimum atomic E-state index is -0.458. The maximum absolute atomic E-state index is 10.3. The largest absolute Gasteiger partial charge is 0.387 e. The summed E-state index contributed by atoms with van der Waals surface area (Å²) in [6.45, 7) is 4.61. The molecule has 2 aromatic rings. The van der Waals surface area contributed by atoms with E-state index in [0.717, 1.165) is 31.7 Å². The van der Waals surface area contributed by atoms with Gasteiger partial charge in [-0.1, -0.05) is 41.9 Å². The van der Waals surface area contributed by atoms with Gasteiger partial charge in [0, 0.05) is 43.4 Å². The molecule has 4 heteroatoms. The lowest BCUT2D eigenvalue weighted by molar-refractivity contribution is 0.109. The van der Waals surface area contributed by atoms with Gasteiger partial charge in [-0.3, -0.25) is 4.90 Å². The molecule has 1 N–H and O–H groups in total. The van der Waals surface area contributed by atoms with E-state index in [1.165, 1.54) is 5.69 Å². The summed E-state index contributed by atoms with van der Waals surface area (Å²) < 4.78 is 0. The van der Waals surface area contributed by atoms with Gasteiger partial charge in [-0.05, 0) is 29.8 Å². The van der Waals surface area contributed by atoms with Gasteiger partial charge in [0.25, 0.3) is 0 Å². The topological polar surface area (TPSA) is 26.7 Å². The molecular formula is C18H21ClN2O. The van der Waals surface area contributed by atoms with Gasteiger partial charge in [0.05, 0.1) is 6.10 Å². The highest BCUT2D eigenvalue weighted by Crippen LogP contribution is 2.20. The zero-order valence-corrected chi connectivity index (χ0v) is 13.3. The van der Waals surface area contributed by atoms with Gasteiger partial charge in [0.2, 0.25) is 0 Å². The van der Waals surface area contributed by atoms with Crippen molar-refractivity contribution in [2.24, 2.45) is 0 Å². The molecule has 1 aliphatic heterocycles. The minimum Gasteiger partial charge on any atom is -0.387 e. The van der Waals surface area contributed by atoms with E-state index >= 15 is 0 Å². The number of nitrogens with zero attached hydrogens (tertiary/aromatic N) is 2. The molecule has 1 heterocycles. The molecule has 0 amide bonds. The van der Waals surface area contributed by atoms with Crippen molar-refractivity contribution in [1.29, 1.82) is 0 Å². The van der Waals surface area contributed by atoms with Gasteiger partial charge in [-0.2, -0.15) is 0 Å². The first-order valence-corrected chi connectivity index (χ1v) is 8.06. The van der Waals surface area contributed by atoms with Crippen LogP contribution >= 0.6 is 11.6 Å². The number of rotatable bonds is 4. The van der Waals surface area contributed by atoms with Crippen LogP contribution in [0.4, 0.5) is 5.69 Å². The van der Waals surface area contributed by atoms with Crippen molar-refractivity contribution < 1.29 is 5.11 Å². The third kappa shape index (κ3) is 3.80. The summed E-state index contributed by atoms with van der Waals surface area (Å²) >= 11 is 5.88. The number of aliphatic hydroxyl groups excluding tert-OH is 1. The van der Waals surface area contributed by atoms with Crippen molar-refractivity contribution in [2.45, 2.75) is 6.10 Å². The molecule has 1 unspecified atom stereocenters. The number of anilines is 1. The normalized spacial score (nSPS) is 17.5. The van der Waals surface area contributed by atoms with Crippen molar-refractivity contribution >= 4 is 17.3 Å². The molecule has 22 heavy (non-hydrogen) atoms. The lowest BCUT2D eigenvalue weighted by Crippen LogP contribution is -2.47. The fourth-order valence-corrected chi connectivity index (χ4v) is 2.99. The molecule has 1 aliphatic rings. The molecule has 0 saturated carbocycles. The number of halogens is 1. The molecule has 0 radical (unpaired) electrons. The molecule has 1 saturated heterocycles. The molecule has 3 rings (SSSR count). The second-order valence-corrected chi connectivity index (χ2v) is 6.13. The maximum atomic E-state index is 10.3. The van der Waals surface area contributed by atoms with Crippen molar-refractivity contribution in [3.63, 3.8) is 0 Å². The molecule has 2 aromatic carbocycles. The number of hydrogen-bond acceptors (Lipinski definition) is 3. The number of hydrogen-bond donors (Lipinski definition) is 1. The molecule has 1 fully saturated rings. The fraction of sp³-hybridized carbons (Fsp3) is 0.333. The standard InChI is InChI=1S/C18H21ClN2O/c19-16-8-6-15(7-9-16)18(22)14-20-10-12-21(13-11-20)17-4-2-1-3-5-17/h1-9,18,22H,10-14H2. The lowest BCUT2D eigenvalue weighted by Gasteiger charge is -2.37. The minimum absolute atomic E-state index is 0.458. The van der Waals surface area contributed by atoms with Crippen LogP contribution in [-0.2, 0) is 0 Å². The Morgan fingerprint density at radius 3 is 2.18 bits per heavy atom. The van der Waals surface area contributed by atoms with Crippen LogP contribution in [0, 0.1) is 0 Å². The first kappa shape index (κ1) is 15.3. The van der Waals surface area contributed by atoms with E-state index in [9.17, 15) is 5.11 Å². The molecular weight excluding hydrogens is 296 g/mol. The summed E-state index contributed by atoms with van der Waals surface area (Å²) in [5, 5.41) is 11.0. The van der Waals surface area contributed by atoms with Gasteiger partial charge in [0.1, 0.15) is 0 Å². The quantitative estimate of drug-likeness (QED) is 0.938. The summed E-state index contributed by atoms with van der Waals surface area (Å²) in [5.41, 5.74) is 2.20. The maximum Gasteiger partial charge on any atom is 0.0916 e. The Balaban J connectivity index is 1.52. The first-order chi connectivity index (χ1) is 10.7. The van der Waals surface area contributed by atoms with Crippen LogP contribution in [0.25, 0.3) is 0 Å². The highest BCUT2D eigenvalue weighted by molar-refractivity contribution is 6.30. The van der Waals surface area contributed by atoms with E-state index in [-0.39, 0.29) is 0 Å². The zero-order chi connectivity index (χ0) is 15.4. The monoisotopic (exact) mass is 316 g/mol. The van der Waals surface area contributed by atoms with Gasteiger partial charge in [-0.15, -0.1) is 0 Å². The second kappa shape index (κ2) is 7.14. The van der Waals surface area contributed by atoms with E-state index in [0.29, 0.717) is 11.6 Å². The Kier molecular flexibility index (Phi) is 4.98. The average molecular weight is 317 g/mol. The Bertz CT molecular complexity index is 580. The van der Waals surface area contributed by atoms with Crippen molar-refractivity contribution in [3.8, 4) is 0 Å². The smallest absolute Gasteiger partial charge is 0.0916 e. The predicted molar refractivity (Wildman–Crippen MR) is 91.5 cm³/mol. The summed E-state index contributed by atoms with van der Waals surface area (Å²) in [5.74, 6) is 0. The predicted octanol–water partition coefficient (Wildman–Crippen LogP) is 3.20. The van der Waals surface area contributed by atoms with Gasteiger partial charge < -0.3 is 10.0 Å². The second-order valence-electron chi connectivity index (χ2n) is 5.69. The van der Waals surface area contributed by atoms with Gasteiger partial charge in [-0.25, -0.2) is 0 Å². The summed E-state index contributed by atoms with van der Waals surface area (Å²) in [6.07, 6.45) is -0.458. The van der Waals surface area contributed by atoms with Gasteiger partial charge >= 0.3 is 0 Å². The lowest BCUT2D eigenvalue weighted by atomic mass is 10.1. The number of aliphatic hydroxyl groups is 1. The van der Waals surface area contributed by atoms with E-state index in [4.69, 9.17) is 11.6 Å². The summed E-state index contributed by atoms with van der Waals surface area (Å²) in [7, 11) is 0. The van der Waals surface area contributed by atoms with Crippen LogP contribution in [0.1, 0.15) is 11.7 Å². The Labute approximate surface area is 136 Å². The molecule has 0 spiro atoms. The van der Waals surface area contributed by atoms with E-state index in [1.807, 2.05) is 30.3 Å². The zero-order valence-electron chi connectivity index (χ0n) is 12.5. The molecule has 0 bridgehead atoms. The van der Waals surface area contributed by atoms with Crippen LogP contribution in [0.2, 0.25) is 5.02 Å². The Hall–Kier alpha value is -1.55. The molecule has 116 valence electrons. The first-order valence-electron chi connectivity index (χ1n) is 7.68. The van der Waals surface area contributed by atoms with Crippen LogP contribution in [0.3, 0.4) is 0 Å². The van der Waals surface area contributed by atoms with Crippen LogP contribution in [-0.4, -0.2) is 42.7 Å². The molecule has 1 atom stereocenters. The van der Waals surface area contributed by atoms with Crippen molar-refractivity contribution in [1.82, 2.24) is 4.90 Å². The number of β-amino-alcohol motifs (C(OH)–C–C–N with tert-alkyl or cyclic N) is 1. The van der Waals surface area contributed by atoms with Crippen molar-refractivity contribution in [3.05, 3.63) is 65.2 Å². The molecule has 0 aliphatic carbocycles. The third-order valence-electron chi connectivity index (χ3n) is 4.18. The highest BCUT2D eigenvalue weighted by Gasteiger charge is 2.20. The van der Waals surface area contributed by atoms with Crippen LogP contribution < -0.4 is 4.90 Å². The Morgan fingerprint density at radius 2 is 1.55 bits per heavy atom. The average Bonchev–Trinajstić information content (AvgIpc) is 2.57.